The van der Waals surface area contributed by atoms with Gasteiger partial charge in [0.2, 0.25) is 0 Å². The standard InChI is InChI=1S/C17H32BN3/c1-6-9-11-12-14-17(5,13-10-7-2)16(20-15(4)18)21-19-8-3/h8H,3-4,6-7,9-14,18H2,1-2,5H3/b20-16-,21-19-. The quantitative estimate of drug-likeness (QED) is 0.164. The van der Waals surface area contributed by atoms with Gasteiger partial charge in [0.15, 0.2) is 13.7 Å². The number of azo groups is 1. The Morgan fingerprint density at radius 1 is 1.10 bits per heavy atom. The molecule has 118 valence electrons. The first-order valence-electron chi connectivity index (χ1n) is 8.26. The Morgan fingerprint density at radius 2 is 1.71 bits per heavy atom. The van der Waals surface area contributed by atoms with E-state index in [1.54, 1.807) is 0 Å². The largest absolute Gasteiger partial charge is 0.247 e. The third kappa shape index (κ3) is 8.64. The monoisotopic (exact) mass is 289 g/mol. The van der Waals surface area contributed by atoms with Crippen molar-refractivity contribution in [1.29, 1.82) is 0 Å². The van der Waals surface area contributed by atoms with E-state index in [4.69, 9.17) is 0 Å². The zero-order chi connectivity index (χ0) is 16.1. The molecule has 0 aromatic heterocycles. The summed E-state index contributed by atoms with van der Waals surface area (Å²) in [6.07, 6.45) is 11.1. The molecule has 0 aromatic carbocycles. The second-order valence-electron chi connectivity index (χ2n) is 6.04. The summed E-state index contributed by atoms with van der Waals surface area (Å²) in [6, 6.07) is 0. The highest BCUT2D eigenvalue weighted by atomic mass is 15.1. The van der Waals surface area contributed by atoms with Crippen LogP contribution in [0.4, 0.5) is 0 Å². The summed E-state index contributed by atoms with van der Waals surface area (Å²) in [5.41, 5.74) is 0.763. The van der Waals surface area contributed by atoms with Crippen LogP contribution in [0.25, 0.3) is 0 Å². The zero-order valence-electron chi connectivity index (χ0n) is 14.5. The summed E-state index contributed by atoms with van der Waals surface area (Å²) < 4.78 is 0. The van der Waals surface area contributed by atoms with E-state index in [0.717, 1.165) is 24.3 Å². The fourth-order valence-electron chi connectivity index (χ4n) is 2.41. The summed E-state index contributed by atoms with van der Waals surface area (Å²) in [5.74, 6) is 0.805. The third-order valence-electron chi connectivity index (χ3n) is 3.73. The molecule has 0 aliphatic rings. The smallest absolute Gasteiger partial charge is 0.163 e. The Kier molecular flexibility index (Phi) is 10.8. The first-order chi connectivity index (χ1) is 10.00. The molecule has 4 heteroatoms. The summed E-state index contributed by atoms with van der Waals surface area (Å²) >= 11 is 0. The van der Waals surface area contributed by atoms with Crippen molar-refractivity contribution in [3.05, 3.63) is 25.0 Å². The van der Waals surface area contributed by atoms with Gasteiger partial charge in [-0.3, -0.25) is 0 Å². The lowest BCUT2D eigenvalue weighted by atomic mass is 9.78. The van der Waals surface area contributed by atoms with Gasteiger partial charge in [-0.25, -0.2) is 4.99 Å². The van der Waals surface area contributed by atoms with Crippen LogP contribution in [0, 0.1) is 5.41 Å². The average molecular weight is 289 g/mol. The Hall–Kier alpha value is -1.19. The van der Waals surface area contributed by atoms with Gasteiger partial charge in [-0.05, 0) is 18.4 Å². The van der Waals surface area contributed by atoms with Crippen LogP contribution in [0.2, 0.25) is 0 Å². The molecule has 1 unspecified atom stereocenters. The predicted octanol–water partition coefficient (Wildman–Crippen LogP) is 5.25. The summed E-state index contributed by atoms with van der Waals surface area (Å²) in [7, 11) is 1.90. The van der Waals surface area contributed by atoms with E-state index in [0.29, 0.717) is 0 Å². The van der Waals surface area contributed by atoms with Gasteiger partial charge < -0.3 is 0 Å². The zero-order valence-corrected chi connectivity index (χ0v) is 14.5. The van der Waals surface area contributed by atoms with E-state index in [1.165, 1.54) is 44.7 Å². The van der Waals surface area contributed by atoms with Crippen LogP contribution in [0.1, 0.15) is 72.1 Å². The van der Waals surface area contributed by atoms with Crippen molar-refractivity contribution >= 4 is 13.7 Å². The molecule has 0 aliphatic carbocycles. The Labute approximate surface area is 132 Å². The topological polar surface area (TPSA) is 37.1 Å². The first-order valence-corrected chi connectivity index (χ1v) is 8.26. The number of amidine groups is 1. The van der Waals surface area contributed by atoms with E-state index in [-0.39, 0.29) is 5.41 Å². The first kappa shape index (κ1) is 19.8. The van der Waals surface area contributed by atoms with Crippen molar-refractivity contribution in [2.45, 2.75) is 72.1 Å². The van der Waals surface area contributed by atoms with E-state index < -0.39 is 0 Å². The highest BCUT2D eigenvalue weighted by molar-refractivity contribution is 6.22. The SMILES string of the molecule is BC(=C)/N=C(\N=N/C=C)C(C)(CCCC)CCCCCC. The molecule has 1 atom stereocenters. The number of unbranched alkanes of at least 4 members (excludes halogenated alkanes) is 4. The van der Waals surface area contributed by atoms with Crippen LogP contribution in [-0.2, 0) is 0 Å². The molecule has 0 bridgehead atoms. The van der Waals surface area contributed by atoms with Crippen LogP contribution >= 0.6 is 0 Å². The van der Waals surface area contributed by atoms with Gasteiger partial charge in [0.1, 0.15) is 0 Å². The molecule has 21 heavy (non-hydrogen) atoms. The predicted molar refractivity (Wildman–Crippen MR) is 96.6 cm³/mol. The number of nitrogens with zero attached hydrogens (tertiary/aromatic N) is 3. The minimum Gasteiger partial charge on any atom is -0.247 e. The lowest BCUT2D eigenvalue weighted by Crippen LogP contribution is -2.27. The van der Waals surface area contributed by atoms with Gasteiger partial charge in [0.05, 0.1) is 0 Å². The Balaban J connectivity index is 5.13. The van der Waals surface area contributed by atoms with Gasteiger partial charge >= 0.3 is 0 Å². The number of hydrogen-bond acceptors (Lipinski definition) is 2. The normalized spacial score (nSPS) is 15.1. The molecular weight excluding hydrogens is 257 g/mol. The molecule has 0 aromatic rings. The van der Waals surface area contributed by atoms with E-state index >= 15 is 0 Å². The summed E-state index contributed by atoms with van der Waals surface area (Å²) in [4.78, 5) is 4.55. The maximum absolute atomic E-state index is 4.55. The molecule has 0 heterocycles. The summed E-state index contributed by atoms with van der Waals surface area (Å²) in [5, 5.41) is 8.26. The van der Waals surface area contributed by atoms with Crippen LogP contribution in [0.15, 0.2) is 40.2 Å². The number of aliphatic imine (C=N–C) groups is 1. The highest BCUT2D eigenvalue weighted by Crippen LogP contribution is 2.34. The highest BCUT2D eigenvalue weighted by Gasteiger charge is 2.30. The molecule has 3 nitrogen and oxygen atoms in total. The Bertz CT molecular complexity index is 374. The molecule has 0 N–H and O–H groups in total. The van der Waals surface area contributed by atoms with Crippen LogP contribution in [0.3, 0.4) is 0 Å². The molecule has 0 radical (unpaired) electrons. The van der Waals surface area contributed by atoms with Gasteiger partial charge in [-0.1, -0.05) is 72.5 Å². The maximum atomic E-state index is 4.55. The lowest BCUT2D eigenvalue weighted by Gasteiger charge is -2.28. The average Bonchev–Trinajstić information content (AvgIpc) is 2.45. The van der Waals surface area contributed by atoms with Crippen molar-refractivity contribution < 1.29 is 0 Å². The van der Waals surface area contributed by atoms with Gasteiger partial charge in [0, 0.05) is 11.6 Å². The number of hydrogen-bond donors (Lipinski definition) is 0. The molecule has 0 saturated heterocycles. The van der Waals surface area contributed by atoms with Gasteiger partial charge in [0.25, 0.3) is 0 Å². The van der Waals surface area contributed by atoms with Crippen LogP contribution in [-0.4, -0.2) is 13.7 Å². The number of rotatable bonds is 11. The van der Waals surface area contributed by atoms with Gasteiger partial charge in [-0.2, -0.15) is 5.11 Å². The van der Waals surface area contributed by atoms with E-state index in [2.05, 4.69) is 49.1 Å². The van der Waals surface area contributed by atoms with Crippen molar-refractivity contribution in [2.24, 2.45) is 20.6 Å². The minimum absolute atomic E-state index is 0.0186. The molecule has 0 amide bonds. The second-order valence-corrected chi connectivity index (χ2v) is 6.04. The van der Waals surface area contributed by atoms with Crippen molar-refractivity contribution in [2.75, 3.05) is 0 Å². The fourth-order valence-corrected chi connectivity index (χ4v) is 2.41. The van der Waals surface area contributed by atoms with Crippen LogP contribution < -0.4 is 0 Å². The molecule has 0 rings (SSSR count). The molecule has 0 spiro atoms. The molecule has 0 fully saturated rings. The third-order valence-corrected chi connectivity index (χ3v) is 3.73. The van der Waals surface area contributed by atoms with Gasteiger partial charge in [-0.15, -0.1) is 5.11 Å². The van der Waals surface area contributed by atoms with Crippen molar-refractivity contribution in [3.63, 3.8) is 0 Å². The molecule has 0 aliphatic heterocycles. The van der Waals surface area contributed by atoms with Crippen LogP contribution in [0.5, 0.6) is 0 Å². The fraction of sp³-hybridized carbons (Fsp3) is 0.706. The van der Waals surface area contributed by atoms with Crippen molar-refractivity contribution in [1.82, 2.24) is 0 Å². The second kappa shape index (κ2) is 11.5. The van der Waals surface area contributed by atoms with Crippen molar-refractivity contribution in [3.8, 4) is 0 Å². The minimum atomic E-state index is -0.0186. The summed E-state index contributed by atoms with van der Waals surface area (Å²) in [6.45, 7) is 14.2. The maximum Gasteiger partial charge on any atom is 0.163 e. The molecule has 0 saturated carbocycles. The van der Waals surface area contributed by atoms with E-state index in [9.17, 15) is 0 Å². The van der Waals surface area contributed by atoms with E-state index in [1.807, 2.05) is 7.85 Å². The molecular formula is C17H32BN3. The lowest BCUT2D eigenvalue weighted by molar-refractivity contribution is 0.358. The Morgan fingerprint density at radius 3 is 2.24 bits per heavy atom.